The molecule has 2 rings (SSSR count). The number of nitrogens with zero attached hydrogens (tertiary/aromatic N) is 1. The van der Waals surface area contributed by atoms with Crippen LogP contribution in [0.25, 0.3) is 5.70 Å². The van der Waals surface area contributed by atoms with E-state index >= 15 is 0 Å². The molecule has 2 amide bonds. The van der Waals surface area contributed by atoms with E-state index in [1.165, 1.54) is 16.7 Å². The zero-order valence-corrected chi connectivity index (χ0v) is 25.8. The van der Waals surface area contributed by atoms with Crippen LogP contribution < -0.4 is 5.32 Å². The van der Waals surface area contributed by atoms with Crippen LogP contribution in [-0.2, 0) is 4.79 Å². The fraction of sp³-hybridized carbons (Fsp3) is 0.471. The molecular formula is C34H48N2O2S. The first-order valence-corrected chi connectivity index (χ1v) is 15.3. The van der Waals surface area contributed by atoms with Crippen molar-refractivity contribution in [3.8, 4) is 0 Å². The number of hydrogen-bond donors (Lipinski definition) is 1. The van der Waals surface area contributed by atoms with Crippen molar-refractivity contribution >= 4 is 29.3 Å². The maximum absolute atomic E-state index is 13.0. The minimum atomic E-state index is -0.253. The zero-order chi connectivity index (χ0) is 28.9. The van der Waals surface area contributed by atoms with Crippen molar-refractivity contribution in [2.45, 2.75) is 92.2 Å². The highest BCUT2D eigenvalue weighted by Crippen LogP contribution is 2.35. The maximum Gasteiger partial charge on any atom is 0.259 e. The number of hydrogen-bond acceptors (Lipinski definition) is 3. The number of carbonyl (C=O) groups excluding carboxylic acids is 2. The van der Waals surface area contributed by atoms with Gasteiger partial charge in [-0.05, 0) is 79.7 Å². The summed E-state index contributed by atoms with van der Waals surface area (Å²) in [6, 6.07) is 7.34. The molecular weight excluding hydrogens is 500 g/mol. The van der Waals surface area contributed by atoms with Gasteiger partial charge in [-0.15, -0.1) is 0 Å². The highest BCUT2D eigenvalue weighted by Gasteiger charge is 2.36. The molecule has 0 bridgehead atoms. The largest absolute Gasteiger partial charge is 0.353 e. The smallest absolute Gasteiger partial charge is 0.259 e. The molecule has 1 aromatic carbocycles. The van der Waals surface area contributed by atoms with E-state index in [0.29, 0.717) is 24.1 Å². The first-order chi connectivity index (χ1) is 18.5. The van der Waals surface area contributed by atoms with Crippen molar-refractivity contribution in [2.24, 2.45) is 0 Å². The summed E-state index contributed by atoms with van der Waals surface area (Å²) in [4.78, 5) is 27.4. The lowest BCUT2D eigenvalue weighted by atomic mass is 10.0. The van der Waals surface area contributed by atoms with Gasteiger partial charge in [-0.25, -0.2) is 0 Å². The Bertz CT molecular complexity index is 1090. The lowest BCUT2D eigenvalue weighted by Crippen LogP contribution is -2.38. The molecule has 0 spiro atoms. The van der Waals surface area contributed by atoms with Gasteiger partial charge >= 0.3 is 0 Å². The number of nitrogens with one attached hydrogen (secondary N) is 1. The van der Waals surface area contributed by atoms with Crippen LogP contribution in [0.4, 0.5) is 0 Å². The van der Waals surface area contributed by atoms with Gasteiger partial charge in [0.2, 0.25) is 5.91 Å². The maximum atomic E-state index is 13.0. The summed E-state index contributed by atoms with van der Waals surface area (Å²) >= 11 is 1.84. The number of carbonyl (C=O) groups is 2. The molecule has 0 radical (unpaired) electrons. The van der Waals surface area contributed by atoms with E-state index < -0.39 is 0 Å². The molecule has 212 valence electrons. The first-order valence-electron chi connectivity index (χ1n) is 14.1. The Labute approximate surface area is 241 Å². The van der Waals surface area contributed by atoms with Crippen molar-refractivity contribution in [1.82, 2.24) is 10.2 Å². The van der Waals surface area contributed by atoms with E-state index in [9.17, 15) is 9.59 Å². The van der Waals surface area contributed by atoms with Gasteiger partial charge in [-0.2, -0.15) is 11.8 Å². The molecule has 1 heterocycles. The summed E-state index contributed by atoms with van der Waals surface area (Å²) < 4.78 is 0. The van der Waals surface area contributed by atoms with Crippen LogP contribution in [0.1, 0.15) is 96.0 Å². The number of rotatable bonds is 16. The lowest BCUT2D eigenvalue weighted by Gasteiger charge is -2.29. The Balaban J connectivity index is 1.71. The second-order valence-corrected chi connectivity index (χ2v) is 12.1. The normalized spacial score (nSPS) is 15.2. The molecule has 4 nitrogen and oxygen atoms in total. The van der Waals surface area contributed by atoms with E-state index in [0.717, 1.165) is 48.3 Å². The van der Waals surface area contributed by atoms with Crippen molar-refractivity contribution < 1.29 is 9.59 Å². The molecule has 0 aliphatic carbocycles. The van der Waals surface area contributed by atoms with Crippen LogP contribution in [0.2, 0.25) is 0 Å². The summed E-state index contributed by atoms with van der Waals surface area (Å²) in [7, 11) is 0. The molecule has 2 unspecified atom stereocenters. The fourth-order valence-electron chi connectivity index (χ4n) is 4.67. The number of allylic oxidation sites excluding steroid dienone is 5. The minimum absolute atomic E-state index is 0.00240. The molecule has 2 atom stereocenters. The summed E-state index contributed by atoms with van der Waals surface area (Å²) in [5, 5.41) is 3.11. The molecule has 1 N–H and O–H groups in total. The predicted molar refractivity (Wildman–Crippen MR) is 170 cm³/mol. The minimum Gasteiger partial charge on any atom is -0.353 e. The molecule has 0 saturated heterocycles. The van der Waals surface area contributed by atoms with Crippen LogP contribution in [-0.4, -0.2) is 40.3 Å². The van der Waals surface area contributed by atoms with E-state index in [2.05, 4.69) is 64.4 Å². The zero-order valence-electron chi connectivity index (χ0n) is 24.9. The van der Waals surface area contributed by atoms with Gasteiger partial charge in [0, 0.05) is 40.8 Å². The summed E-state index contributed by atoms with van der Waals surface area (Å²) in [6.45, 7) is 20.9. The van der Waals surface area contributed by atoms with Crippen molar-refractivity contribution in [2.75, 3.05) is 11.5 Å². The van der Waals surface area contributed by atoms with E-state index in [-0.39, 0.29) is 23.9 Å². The van der Waals surface area contributed by atoms with Gasteiger partial charge in [0.05, 0.1) is 6.04 Å². The van der Waals surface area contributed by atoms with Gasteiger partial charge in [0.25, 0.3) is 5.91 Å². The van der Waals surface area contributed by atoms with Crippen molar-refractivity contribution in [3.63, 3.8) is 0 Å². The third-order valence-electron chi connectivity index (χ3n) is 6.95. The summed E-state index contributed by atoms with van der Waals surface area (Å²) in [5.41, 5.74) is 7.32. The van der Waals surface area contributed by atoms with Crippen LogP contribution in [0.15, 0.2) is 77.9 Å². The Kier molecular flexibility index (Phi) is 13.6. The monoisotopic (exact) mass is 548 g/mol. The highest BCUT2D eigenvalue weighted by atomic mass is 32.2. The number of fused-ring (bicyclic) bond motifs is 1. The van der Waals surface area contributed by atoms with Crippen LogP contribution in [0.3, 0.4) is 0 Å². The SMILES string of the molecule is C=C(C)C(CCC(=O)NC(C)CSC/C=C(\C)CC/C=C(\C)CCC=C(C)C)N1C(=C)c2ccccc2C1=O. The van der Waals surface area contributed by atoms with Gasteiger partial charge in [-0.3, -0.25) is 9.59 Å². The van der Waals surface area contributed by atoms with Crippen molar-refractivity contribution in [1.29, 1.82) is 0 Å². The molecule has 5 heteroatoms. The number of thioether (sulfide) groups is 1. The van der Waals surface area contributed by atoms with Gasteiger partial charge in [-0.1, -0.05) is 71.9 Å². The Morgan fingerprint density at radius 2 is 1.59 bits per heavy atom. The van der Waals surface area contributed by atoms with E-state index in [1.54, 1.807) is 4.90 Å². The first kappa shape index (κ1) is 32.4. The van der Waals surface area contributed by atoms with E-state index in [4.69, 9.17) is 0 Å². The van der Waals surface area contributed by atoms with E-state index in [1.807, 2.05) is 49.9 Å². The number of benzene rings is 1. The van der Waals surface area contributed by atoms with Crippen LogP contribution in [0.5, 0.6) is 0 Å². The van der Waals surface area contributed by atoms with Gasteiger partial charge in [0.15, 0.2) is 0 Å². The van der Waals surface area contributed by atoms with Gasteiger partial charge in [0.1, 0.15) is 0 Å². The molecule has 0 fully saturated rings. The lowest BCUT2D eigenvalue weighted by molar-refractivity contribution is -0.121. The summed E-state index contributed by atoms with van der Waals surface area (Å²) in [6.07, 6.45) is 12.3. The molecule has 39 heavy (non-hydrogen) atoms. The Hall–Kier alpha value is -2.79. The Morgan fingerprint density at radius 1 is 0.974 bits per heavy atom. The number of amides is 2. The Morgan fingerprint density at radius 3 is 2.21 bits per heavy atom. The third-order valence-corrected chi connectivity index (χ3v) is 8.09. The topological polar surface area (TPSA) is 49.4 Å². The summed E-state index contributed by atoms with van der Waals surface area (Å²) in [5.74, 6) is 1.75. The molecule has 0 aromatic heterocycles. The highest BCUT2D eigenvalue weighted by molar-refractivity contribution is 7.99. The molecule has 1 aliphatic heterocycles. The third kappa shape index (κ3) is 10.7. The van der Waals surface area contributed by atoms with Crippen LogP contribution in [0, 0.1) is 0 Å². The van der Waals surface area contributed by atoms with Crippen LogP contribution >= 0.6 is 11.8 Å². The molecule has 1 aliphatic rings. The molecule has 1 aromatic rings. The average Bonchev–Trinajstić information content (AvgIpc) is 3.12. The quantitative estimate of drug-likeness (QED) is 0.166. The van der Waals surface area contributed by atoms with Crippen molar-refractivity contribution in [3.05, 3.63) is 89.1 Å². The van der Waals surface area contributed by atoms with Gasteiger partial charge < -0.3 is 10.2 Å². The predicted octanol–water partition coefficient (Wildman–Crippen LogP) is 8.50. The molecule has 0 saturated carbocycles. The fourth-order valence-corrected chi connectivity index (χ4v) is 5.65. The second-order valence-electron chi connectivity index (χ2n) is 11.0. The standard InChI is InChI=1S/C34H48N2O2S/c1-24(2)13-11-14-26(5)15-12-16-27(6)21-22-39-23-28(7)35-33(37)20-19-32(25(3)4)36-29(8)30-17-9-10-18-31(30)34(36)38/h9-10,13,15,17-18,21,28,32H,3,8,11-12,14,16,19-20,22-23H2,1-2,4-7H3,(H,35,37)/b26-15+,27-21+. The second kappa shape index (κ2) is 16.3. The average molecular weight is 549 g/mol.